The summed E-state index contributed by atoms with van der Waals surface area (Å²) in [6, 6.07) is 9.10. The molecule has 0 N–H and O–H groups in total. The van der Waals surface area contributed by atoms with E-state index in [4.69, 9.17) is 0 Å². The maximum atomic E-state index is 2.39. The highest BCUT2D eigenvalue weighted by Gasteiger charge is 2.26. The second kappa shape index (κ2) is 11.0. The van der Waals surface area contributed by atoms with E-state index >= 15 is 0 Å². The van der Waals surface area contributed by atoms with Crippen LogP contribution in [0.1, 0.15) is 111 Å². The van der Waals surface area contributed by atoms with Gasteiger partial charge in [-0.2, -0.15) is 0 Å². The highest BCUT2D eigenvalue weighted by atomic mass is 14.3. The van der Waals surface area contributed by atoms with Gasteiger partial charge in [0.25, 0.3) is 0 Å². The summed E-state index contributed by atoms with van der Waals surface area (Å²) in [5.41, 5.74) is 12.8. The van der Waals surface area contributed by atoms with Crippen molar-refractivity contribution in [3.63, 3.8) is 0 Å². The highest BCUT2D eigenvalue weighted by Crippen LogP contribution is 2.44. The molecule has 0 amide bonds. The van der Waals surface area contributed by atoms with Crippen LogP contribution in [-0.4, -0.2) is 0 Å². The Hall–Kier alpha value is -1.56. The highest BCUT2D eigenvalue weighted by molar-refractivity contribution is 5.82. The quantitative estimate of drug-likeness (QED) is 0.271. The van der Waals surface area contributed by atoms with Crippen LogP contribution in [0.5, 0.6) is 0 Å². The summed E-state index contributed by atoms with van der Waals surface area (Å²) in [5.74, 6) is 0. The zero-order chi connectivity index (χ0) is 20.6. The summed E-state index contributed by atoms with van der Waals surface area (Å²) in [7, 11) is 0. The van der Waals surface area contributed by atoms with Crippen molar-refractivity contribution in [1.29, 1.82) is 0 Å². The average Bonchev–Trinajstić information content (AvgIpc) is 3.12. The lowest BCUT2D eigenvalue weighted by Crippen LogP contribution is -2.06. The lowest BCUT2D eigenvalue weighted by atomic mass is 9.83. The molecular weight excluding hydrogens is 348 g/mol. The van der Waals surface area contributed by atoms with E-state index in [2.05, 4.69) is 52.0 Å². The molecule has 2 aromatic rings. The molecule has 1 aliphatic carbocycles. The Bertz CT molecular complexity index is 796. The fourth-order valence-corrected chi connectivity index (χ4v) is 5.30. The van der Waals surface area contributed by atoms with Crippen LogP contribution in [-0.2, 0) is 19.3 Å². The number of unbranched alkanes of at least 4 members (excludes halogenated alkanes) is 8. The standard InChI is InChI=1S/C29H42/c1-5-7-9-10-11-12-13-14-19-25-22(3)23(4)29-26-20-16-15-17-24(26)21-28(29)27(25)18-8-6-2/h15-17,20H,5-14,18-19,21H2,1-4H3. The molecule has 1 aliphatic rings. The Morgan fingerprint density at radius 1 is 0.655 bits per heavy atom. The van der Waals surface area contributed by atoms with Gasteiger partial charge in [0, 0.05) is 0 Å². The molecule has 0 unspecified atom stereocenters. The van der Waals surface area contributed by atoms with E-state index in [9.17, 15) is 0 Å². The Balaban J connectivity index is 1.75. The van der Waals surface area contributed by atoms with Crippen molar-refractivity contribution in [2.24, 2.45) is 0 Å². The minimum Gasteiger partial charge on any atom is -0.0654 e. The molecule has 0 heterocycles. The Morgan fingerprint density at radius 2 is 1.28 bits per heavy atom. The first kappa shape index (κ1) is 22.1. The normalized spacial score (nSPS) is 12.3. The van der Waals surface area contributed by atoms with Crippen LogP contribution in [0.2, 0.25) is 0 Å². The van der Waals surface area contributed by atoms with Crippen molar-refractivity contribution in [2.45, 2.75) is 111 Å². The molecule has 0 nitrogen and oxygen atoms in total. The Labute approximate surface area is 180 Å². The molecule has 0 aromatic heterocycles. The third-order valence-corrected chi connectivity index (χ3v) is 7.14. The lowest BCUT2D eigenvalue weighted by Gasteiger charge is -2.21. The van der Waals surface area contributed by atoms with Crippen molar-refractivity contribution in [2.75, 3.05) is 0 Å². The van der Waals surface area contributed by atoms with Crippen LogP contribution in [0, 0.1) is 13.8 Å². The number of rotatable bonds is 12. The summed E-state index contributed by atoms with van der Waals surface area (Å²) in [6.07, 6.45) is 17.5. The third kappa shape index (κ3) is 5.14. The molecule has 29 heavy (non-hydrogen) atoms. The van der Waals surface area contributed by atoms with Crippen molar-refractivity contribution < 1.29 is 0 Å². The topological polar surface area (TPSA) is 0 Å². The van der Waals surface area contributed by atoms with Crippen LogP contribution in [0.25, 0.3) is 11.1 Å². The monoisotopic (exact) mass is 390 g/mol. The maximum absolute atomic E-state index is 2.39. The first-order valence-electron chi connectivity index (χ1n) is 12.4. The van der Waals surface area contributed by atoms with Crippen LogP contribution >= 0.6 is 0 Å². The third-order valence-electron chi connectivity index (χ3n) is 7.14. The fraction of sp³-hybridized carbons (Fsp3) is 0.586. The van der Waals surface area contributed by atoms with Crippen molar-refractivity contribution in [1.82, 2.24) is 0 Å². The number of hydrogen-bond acceptors (Lipinski definition) is 0. The zero-order valence-electron chi connectivity index (χ0n) is 19.5. The van der Waals surface area contributed by atoms with Gasteiger partial charge < -0.3 is 0 Å². The molecule has 158 valence electrons. The molecule has 3 rings (SSSR count). The molecule has 0 radical (unpaired) electrons. The SMILES string of the molecule is CCCCCCCCCCc1c(C)c(C)c2c(c1CCCC)Cc1ccccc1-2. The van der Waals surface area contributed by atoms with Gasteiger partial charge >= 0.3 is 0 Å². The smallest absolute Gasteiger partial charge is 0.00105 e. The lowest BCUT2D eigenvalue weighted by molar-refractivity contribution is 0.574. The van der Waals surface area contributed by atoms with E-state index < -0.39 is 0 Å². The molecule has 0 aliphatic heterocycles. The van der Waals surface area contributed by atoms with E-state index in [-0.39, 0.29) is 0 Å². The van der Waals surface area contributed by atoms with Crippen LogP contribution < -0.4 is 0 Å². The molecule has 0 bridgehead atoms. The van der Waals surface area contributed by atoms with Gasteiger partial charge in [-0.15, -0.1) is 0 Å². The van der Waals surface area contributed by atoms with Crippen LogP contribution in [0.4, 0.5) is 0 Å². The molecule has 0 saturated heterocycles. The number of hydrogen-bond donors (Lipinski definition) is 0. The molecule has 0 atom stereocenters. The second-order valence-electron chi connectivity index (χ2n) is 9.22. The van der Waals surface area contributed by atoms with Gasteiger partial charge in [-0.25, -0.2) is 0 Å². The second-order valence-corrected chi connectivity index (χ2v) is 9.22. The zero-order valence-corrected chi connectivity index (χ0v) is 19.5. The molecular formula is C29H42. The van der Waals surface area contributed by atoms with Crippen molar-refractivity contribution in [3.8, 4) is 11.1 Å². The largest absolute Gasteiger partial charge is 0.0654 e. The molecule has 2 aromatic carbocycles. The minimum absolute atomic E-state index is 1.15. The van der Waals surface area contributed by atoms with Gasteiger partial charge in [0.2, 0.25) is 0 Å². The maximum Gasteiger partial charge on any atom is -0.00105 e. The summed E-state index contributed by atoms with van der Waals surface area (Å²) in [6.45, 7) is 9.40. The first-order valence-corrected chi connectivity index (χ1v) is 12.4. The molecule has 0 saturated carbocycles. The van der Waals surface area contributed by atoms with E-state index in [0.29, 0.717) is 0 Å². The van der Waals surface area contributed by atoms with Gasteiger partial charge in [0.15, 0.2) is 0 Å². The van der Waals surface area contributed by atoms with E-state index in [1.165, 1.54) is 88.2 Å². The number of fused-ring (bicyclic) bond motifs is 3. The molecule has 0 spiro atoms. The summed E-state index contributed by atoms with van der Waals surface area (Å²) >= 11 is 0. The van der Waals surface area contributed by atoms with E-state index in [1.54, 1.807) is 33.4 Å². The van der Waals surface area contributed by atoms with Crippen LogP contribution in [0.15, 0.2) is 24.3 Å². The van der Waals surface area contributed by atoms with Gasteiger partial charge in [0.05, 0.1) is 0 Å². The van der Waals surface area contributed by atoms with Crippen molar-refractivity contribution in [3.05, 3.63) is 57.6 Å². The summed E-state index contributed by atoms with van der Waals surface area (Å²) in [5, 5.41) is 0. The predicted octanol–water partition coefficient (Wildman–Crippen LogP) is 8.90. The number of benzene rings is 2. The van der Waals surface area contributed by atoms with Gasteiger partial charge in [-0.1, -0.05) is 89.5 Å². The molecule has 0 heteroatoms. The average molecular weight is 391 g/mol. The molecule has 0 fully saturated rings. The van der Waals surface area contributed by atoms with Gasteiger partial charge in [-0.3, -0.25) is 0 Å². The Kier molecular flexibility index (Phi) is 8.40. The van der Waals surface area contributed by atoms with Gasteiger partial charge in [-0.05, 0) is 90.5 Å². The Morgan fingerprint density at radius 3 is 2.00 bits per heavy atom. The van der Waals surface area contributed by atoms with E-state index in [0.717, 1.165) is 6.42 Å². The minimum atomic E-state index is 1.15. The first-order chi connectivity index (χ1) is 14.2. The summed E-state index contributed by atoms with van der Waals surface area (Å²) < 4.78 is 0. The summed E-state index contributed by atoms with van der Waals surface area (Å²) in [4.78, 5) is 0. The van der Waals surface area contributed by atoms with Crippen molar-refractivity contribution >= 4 is 0 Å². The van der Waals surface area contributed by atoms with Crippen LogP contribution in [0.3, 0.4) is 0 Å². The predicted molar refractivity (Wildman–Crippen MR) is 129 cm³/mol. The van der Waals surface area contributed by atoms with Gasteiger partial charge in [0.1, 0.15) is 0 Å². The fourth-order valence-electron chi connectivity index (χ4n) is 5.30. The van der Waals surface area contributed by atoms with E-state index in [1.807, 2.05) is 0 Å².